The number of rotatable bonds is 4. The summed E-state index contributed by atoms with van der Waals surface area (Å²) in [6, 6.07) is 5.20. The van der Waals surface area contributed by atoms with Gasteiger partial charge in [0.2, 0.25) is 11.8 Å². The van der Waals surface area contributed by atoms with Gasteiger partial charge in [0.1, 0.15) is 11.9 Å². The third-order valence-corrected chi connectivity index (χ3v) is 4.77. The maximum Gasteiger partial charge on any atom is 0.241 e. The summed E-state index contributed by atoms with van der Waals surface area (Å²) >= 11 is 0. The number of carbonyl (C=O) groups is 2. The Balaban J connectivity index is 1.91. The largest absolute Gasteiger partial charge is 0.358 e. The van der Waals surface area contributed by atoms with Gasteiger partial charge >= 0.3 is 0 Å². The van der Waals surface area contributed by atoms with E-state index in [2.05, 4.69) is 5.32 Å². The maximum atomic E-state index is 14.3. The van der Waals surface area contributed by atoms with Crippen LogP contribution in [0.2, 0.25) is 0 Å². The molecule has 2 aliphatic heterocycles. The minimum absolute atomic E-state index is 0.0685. The van der Waals surface area contributed by atoms with E-state index in [0.717, 1.165) is 32.4 Å². The standard InChI is InChI=1S/C17H22FN3O2/c1-19-16(22)15(12-6-2-3-7-13(12)18)21-11-4-8-14(21)17(23)20-9-5-10-20/h2-3,6-7,14-15H,4-5,8-11H2,1H3,(H,19,22). The number of hydrogen-bond donors (Lipinski definition) is 1. The van der Waals surface area contributed by atoms with Crippen molar-refractivity contribution in [3.63, 3.8) is 0 Å². The summed E-state index contributed by atoms with van der Waals surface area (Å²) in [5.41, 5.74) is 0.329. The lowest BCUT2D eigenvalue weighted by Crippen LogP contribution is -2.53. The van der Waals surface area contributed by atoms with Crippen LogP contribution in [-0.4, -0.2) is 54.3 Å². The molecule has 0 spiro atoms. The van der Waals surface area contributed by atoms with Crippen LogP contribution in [-0.2, 0) is 9.59 Å². The van der Waals surface area contributed by atoms with Crippen molar-refractivity contribution >= 4 is 11.8 Å². The minimum atomic E-state index is -0.765. The zero-order valence-electron chi connectivity index (χ0n) is 13.3. The Morgan fingerprint density at radius 1 is 1.22 bits per heavy atom. The average Bonchev–Trinajstić information content (AvgIpc) is 2.96. The summed E-state index contributed by atoms with van der Waals surface area (Å²) in [7, 11) is 1.54. The number of nitrogens with zero attached hydrogens (tertiary/aromatic N) is 2. The van der Waals surface area contributed by atoms with Crippen molar-refractivity contribution in [3.8, 4) is 0 Å². The van der Waals surface area contributed by atoms with E-state index in [9.17, 15) is 14.0 Å². The first kappa shape index (κ1) is 15.9. The van der Waals surface area contributed by atoms with E-state index in [1.165, 1.54) is 6.07 Å². The summed E-state index contributed by atoms with van der Waals surface area (Å²) in [5, 5.41) is 2.61. The van der Waals surface area contributed by atoms with Crippen molar-refractivity contribution in [1.29, 1.82) is 0 Å². The van der Waals surface area contributed by atoms with Crippen LogP contribution in [0, 0.1) is 5.82 Å². The molecule has 2 atom stereocenters. The molecule has 2 aliphatic rings. The predicted molar refractivity (Wildman–Crippen MR) is 84.1 cm³/mol. The van der Waals surface area contributed by atoms with Gasteiger partial charge < -0.3 is 10.2 Å². The van der Waals surface area contributed by atoms with Crippen LogP contribution in [0.4, 0.5) is 4.39 Å². The van der Waals surface area contributed by atoms with Gasteiger partial charge in [0.15, 0.2) is 0 Å². The number of carbonyl (C=O) groups excluding carboxylic acids is 2. The molecule has 0 bridgehead atoms. The van der Waals surface area contributed by atoms with E-state index >= 15 is 0 Å². The molecule has 6 heteroatoms. The van der Waals surface area contributed by atoms with Crippen LogP contribution in [0.25, 0.3) is 0 Å². The van der Waals surface area contributed by atoms with Crippen molar-refractivity contribution in [1.82, 2.24) is 15.1 Å². The number of likely N-dealkylation sites (tertiary alicyclic amines) is 2. The third-order valence-electron chi connectivity index (χ3n) is 4.77. The van der Waals surface area contributed by atoms with Crippen LogP contribution < -0.4 is 5.32 Å². The molecule has 5 nitrogen and oxygen atoms in total. The van der Waals surface area contributed by atoms with Crippen molar-refractivity contribution < 1.29 is 14.0 Å². The van der Waals surface area contributed by atoms with E-state index < -0.39 is 11.9 Å². The summed E-state index contributed by atoms with van der Waals surface area (Å²) in [4.78, 5) is 28.7. The van der Waals surface area contributed by atoms with Gasteiger partial charge in [0, 0.05) is 32.2 Å². The Kier molecular flexibility index (Phi) is 4.61. The normalized spacial score (nSPS) is 22.5. The van der Waals surface area contributed by atoms with E-state index in [1.54, 1.807) is 25.2 Å². The van der Waals surface area contributed by atoms with E-state index in [4.69, 9.17) is 0 Å². The highest BCUT2D eigenvalue weighted by Crippen LogP contribution is 2.32. The third kappa shape index (κ3) is 2.95. The maximum absolute atomic E-state index is 14.3. The molecule has 23 heavy (non-hydrogen) atoms. The van der Waals surface area contributed by atoms with E-state index in [-0.39, 0.29) is 17.9 Å². The van der Waals surface area contributed by atoms with Crippen LogP contribution >= 0.6 is 0 Å². The number of nitrogens with one attached hydrogen (secondary N) is 1. The second-order valence-corrected chi connectivity index (χ2v) is 6.11. The molecule has 1 aromatic carbocycles. The molecule has 124 valence electrons. The minimum Gasteiger partial charge on any atom is -0.358 e. The number of hydrogen-bond acceptors (Lipinski definition) is 3. The van der Waals surface area contributed by atoms with Gasteiger partial charge in [0.25, 0.3) is 0 Å². The van der Waals surface area contributed by atoms with Gasteiger partial charge in [-0.1, -0.05) is 18.2 Å². The van der Waals surface area contributed by atoms with Gasteiger partial charge in [0.05, 0.1) is 6.04 Å². The molecular weight excluding hydrogens is 297 g/mol. The van der Waals surface area contributed by atoms with Crippen molar-refractivity contribution in [2.24, 2.45) is 0 Å². The monoisotopic (exact) mass is 319 g/mol. The topological polar surface area (TPSA) is 52.7 Å². The molecule has 2 unspecified atom stereocenters. The molecule has 2 heterocycles. The molecule has 0 radical (unpaired) electrons. The lowest BCUT2D eigenvalue weighted by atomic mass is 10.0. The van der Waals surface area contributed by atoms with Crippen molar-refractivity contribution in [2.45, 2.75) is 31.3 Å². The zero-order chi connectivity index (χ0) is 16.4. The highest BCUT2D eigenvalue weighted by atomic mass is 19.1. The fourth-order valence-electron chi connectivity index (χ4n) is 3.41. The number of amides is 2. The van der Waals surface area contributed by atoms with Crippen molar-refractivity contribution in [2.75, 3.05) is 26.7 Å². The Hall–Kier alpha value is -1.95. The molecule has 2 fully saturated rings. The van der Waals surface area contributed by atoms with Crippen LogP contribution in [0.3, 0.4) is 0 Å². The molecule has 2 saturated heterocycles. The van der Waals surface area contributed by atoms with Gasteiger partial charge in [-0.05, 0) is 25.3 Å². The first-order chi connectivity index (χ1) is 11.1. The van der Waals surface area contributed by atoms with Gasteiger partial charge in [-0.15, -0.1) is 0 Å². The lowest BCUT2D eigenvalue weighted by molar-refractivity contribution is -0.141. The van der Waals surface area contributed by atoms with Crippen LogP contribution in [0.15, 0.2) is 24.3 Å². The first-order valence-electron chi connectivity index (χ1n) is 8.14. The zero-order valence-corrected chi connectivity index (χ0v) is 13.3. The fraction of sp³-hybridized carbons (Fsp3) is 0.529. The quantitative estimate of drug-likeness (QED) is 0.910. The highest BCUT2D eigenvalue weighted by molar-refractivity contribution is 5.86. The number of benzene rings is 1. The molecule has 3 rings (SSSR count). The summed E-state index contributed by atoms with van der Waals surface area (Å²) in [6.07, 6.45) is 2.59. The lowest BCUT2D eigenvalue weighted by Gasteiger charge is -2.38. The first-order valence-corrected chi connectivity index (χ1v) is 8.14. The molecule has 0 saturated carbocycles. The van der Waals surface area contributed by atoms with Crippen molar-refractivity contribution in [3.05, 3.63) is 35.6 Å². The molecule has 0 aromatic heterocycles. The highest BCUT2D eigenvalue weighted by Gasteiger charge is 2.42. The van der Waals surface area contributed by atoms with Gasteiger partial charge in [-0.3, -0.25) is 14.5 Å². The summed E-state index contributed by atoms with van der Waals surface area (Å²) in [5.74, 6) is -0.624. The Bertz CT molecular complexity index is 603. The Morgan fingerprint density at radius 3 is 2.57 bits per heavy atom. The molecule has 0 aliphatic carbocycles. The number of likely N-dealkylation sites (N-methyl/N-ethyl adjacent to an activating group) is 1. The fourth-order valence-corrected chi connectivity index (χ4v) is 3.41. The van der Waals surface area contributed by atoms with E-state index in [0.29, 0.717) is 12.1 Å². The smallest absolute Gasteiger partial charge is 0.241 e. The molecular formula is C17H22FN3O2. The molecule has 2 amide bonds. The summed E-state index contributed by atoms with van der Waals surface area (Å²) < 4.78 is 14.3. The average molecular weight is 319 g/mol. The SMILES string of the molecule is CNC(=O)C(c1ccccc1F)N1CCCC1C(=O)N1CCC1. The Morgan fingerprint density at radius 2 is 1.96 bits per heavy atom. The Labute approximate surface area is 135 Å². The van der Waals surface area contributed by atoms with Crippen LogP contribution in [0.5, 0.6) is 0 Å². The second kappa shape index (κ2) is 6.66. The predicted octanol–water partition coefficient (Wildman–Crippen LogP) is 1.31. The summed E-state index contributed by atoms with van der Waals surface area (Å²) in [6.45, 7) is 2.19. The van der Waals surface area contributed by atoms with Crippen LogP contribution in [0.1, 0.15) is 30.9 Å². The molecule has 1 aromatic rings. The van der Waals surface area contributed by atoms with E-state index in [1.807, 2.05) is 9.80 Å². The van der Waals surface area contributed by atoms with Gasteiger partial charge in [-0.25, -0.2) is 4.39 Å². The molecule has 1 N–H and O–H groups in total. The van der Waals surface area contributed by atoms with Gasteiger partial charge in [-0.2, -0.15) is 0 Å². The second-order valence-electron chi connectivity index (χ2n) is 6.11. The number of halogens is 1.